The summed E-state index contributed by atoms with van der Waals surface area (Å²) in [5.74, 6) is 0.906. The van der Waals surface area contributed by atoms with Crippen molar-refractivity contribution in [1.29, 1.82) is 0 Å². The van der Waals surface area contributed by atoms with E-state index in [-0.39, 0.29) is 5.92 Å². The first kappa shape index (κ1) is 16.7. The lowest BCUT2D eigenvalue weighted by atomic mass is 9.80. The summed E-state index contributed by atoms with van der Waals surface area (Å²) in [6, 6.07) is 7.73. The number of rotatable bonds is 8. The first-order valence-electron chi connectivity index (χ1n) is 7.15. The van der Waals surface area contributed by atoms with E-state index >= 15 is 0 Å². The molecule has 20 heavy (non-hydrogen) atoms. The fourth-order valence-corrected chi connectivity index (χ4v) is 2.55. The average molecular weight is 277 g/mol. The Morgan fingerprint density at radius 2 is 2.15 bits per heavy atom. The van der Waals surface area contributed by atoms with Crippen LogP contribution in [0, 0.1) is 5.92 Å². The summed E-state index contributed by atoms with van der Waals surface area (Å²) in [7, 11) is 4.05. The molecule has 0 saturated heterocycles. The monoisotopic (exact) mass is 277 g/mol. The third kappa shape index (κ3) is 4.09. The zero-order valence-electron chi connectivity index (χ0n) is 13.1. The summed E-state index contributed by atoms with van der Waals surface area (Å²) in [4.78, 5) is 2.10. The number of ether oxygens (including phenoxy) is 1. The van der Waals surface area contributed by atoms with Crippen molar-refractivity contribution in [2.75, 3.05) is 27.2 Å². The van der Waals surface area contributed by atoms with E-state index in [1.165, 1.54) is 0 Å². The summed E-state index contributed by atoms with van der Waals surface area (Å²) in [6.07, 6.45) is 2.39. The lowest BCUT2D eigenvalue weighted by molar-refractivity contribution is -0.0293. The highest BCUT2D eigenvalue weighted by molar-refractivity contribution is 5.33. The molecule has 1 aromatic carbocycles. The van der Waals surface area contributed by atoms with E-state index in [4.69, 9.17) is 4.74 Å². The highest BCUT2D eigenvalue weighted by atomic mass is 16.5. The highest BCUT2D eigenvalue weighted by Gasteiger charge is 2.34. The van der Waals surface area contributed by atoms with Crippen LogP contribution in [-0.2, 0) is 5.60 Å². The van der Waals surface area contributed by atoms with Gasteiger partial charge in [-0.3, -0.25) is 0 Å². The predicted molar refractivity (Wildman–Crippen MR) is 84.0 cm³/mol. The Morgan fingerprint density at radius 3 is 2.70 bits per heavy atom. The van der Waals surface area contributed by atoms with Gasteiger partial charge in [0.1, 0.15) is 12.4 Å². The molecule has 2 atom stereocenters. The summed E-state index contributed by atoms with van der Waals surface area (Å²) in [5.41, 5.74) is 0.0774. The molecule has 112 valence electrons. The largest absolute Gasteiger partial charge is 0.490 e. The summed E-state index contributed by atoms with van der Waals surface area (Å²) >= 11 is 0. The van der Waals surface area contributed by atoms with Crippen molar-refractivity contribution in [2.45, 2.75) is 25.9 Å². The van der Waals surface area contributed by atoms with Gasteiger partial charge in [-0.15, -0.1) is 0 Å². The third-order valence-electron chi connectivity index (χ3n) is 3.70. The second-order valence-electron chi connectivity index (χ2n) is 5.57. The number of hydrogen-bond acceptors (Lipinski definition) is 3. The van der Waals surface area contributed by atoms with Crippen molar-refractivity contribution in [3.63, 3.8) is 0 Å². The Hall–Kier alpha value is -1.32. The Labute approximate surface area is 122 Å². The van der Waals surface area contributed by atoms with Gasteiger partial charge >= 0.3 is 0 Å². The molecule has 0 aromatic heterocycles. The van der Waals surface area contributed by atoms with E-state index in [9.17, 15) is 5.11 Å². The predicted octanol–water partition coefficient (Wildman–Crippen LogP) is 3.05. The Bertz CT molecular complexity index is 431. The SMILES string of the molecule is C=CCOc1cccc(C(O)(CC)C(C)CN(C)C)c1. The molecule has 0 saturated carbocycles. The van der Waals surface area contributed by atoms with E-state index in [1.54, 1.807) is 6.08 Å². The summed E-state index contributed by atoms with van der Waals surface area (Å²) in [5, 5.41) is 11.1. The highest BCUT2D eigenvalue weighted by Crippen LogP contribution is 2.35. The van der Waals surface area contributed by atoms with Crippen LogP contribution in [0.2, 0.25) is 0 Å². The van der Waals surface area contributed by atoms with E-state index in [0.717, 1.165) is 17.9 Å². The van der Waals surface area contributed by atoms with Crippen LogP contribution in [0.25, 0.3) is 0 Å². The molecule has 0 spiro atoms. The first-order chi connectivity index (χ1) is 9.43. The quantitative estimate of drug-likeness (QED) is 0.741. The van der Waals surface area contributed by atoms with Crippen molar-refractivity contribution in [3.05, 3.63) is 42.5 Å². The van der Waals surface area contributed by atoms with Crippen molar-refractivity contribution in [3.8, 4) is 5.75 Å². The van der Waals surface area contributed by atoms with Gasteiger partial charge in [-0.25, -0.2) is 0 Å². The molecule has 0 amide bonds. The molecule has 2 unspecified atom stereocenters. The van der Waals surface area contributed by atoms with Crippen molar-refractivity contribution in [1.82, 2.24) is 4.90 Å². The summed E-state index contributed by atoms with van der Waals surface area (Å²) in [6.45, 7) is 9.05. The molecule has 1 aromatic rings. The number of benzene rings is 1. The molecule has 0 heterocycles. The fraction of sp³-hybridized carbons (Fsp3) is 0.529. The maximum atomic E-state index is 11.1. The zero-order chi connectivity index (χ0) is 15.2. The maximum absolute atomic E-state index is 11.1. The maximum Gasteiger partial charge on any atom is 0.120 e. The van der Waals surface area contributed by atoms with E-state index in [1.807, 2.05) is 45.3 Å². The van der Waals surface area contributed by atoms with Crippen LogP contribution in [-0.4, -0.2) is 37.3 Å². The molecule has 0 aliphatic rings. The molecule has 3 nitrogen and oxygen atoms in total. The van der Waals surface area contributed by atoms with Gasteiger partial charge in [0.2, 0.25) is 0 Å². The molecular formula is C17H27NO2. The van der Waals surface area contributed by atoms with Crippen LogP contribution in [0.3, 0.4) is 0 Å². The van der Waals surface area contributed by atoms with Gasteiger partial charge in [0.25, 0.3) is 0 Å². The van der Waals surface area contributed by atoms with Crippen molar-refractivity contribution in [2.24, 2.45) is 5.92 Å². The van der Waals surface area contributed by atoms with Gasteiger partial charge < -0.3 is 14.7 Å². The molecule has 0 fully saturated rings. The normalized spacial score (nSPS) is 15.7. The molecule has 3 heteroatoms. The minimum absolute atomic E-state index is 0.136. The van der Waals surface area contributed by atoms with Crippen LogP contribution in [0.15, 0.2) is 36.9 Å². The van der Waals surface area contributed by atoms with Gasteiger partial charge in [-0.05, 0) is 38.2 Å². The molecule has 0 aliphatic heterocycles. The van der Waals surface area contributed by atoms with Crippen molar-refractivity contribution >= 4 is 0 Å². The van der Waals surface area contributed by atoms with Gasteiger partial charge in [-0.1, -0.05) is 38.6 Å². The standard InChI is InChI=1S/C17H27NO2/c1-6-11-20-16-10-8-9-15(12-16)17(19,7-2)14(3)13-18(4)5/h6,8-10,12,14,19H,1,7,11,13H2,2-5H3. The Balaban J connectivity index is 3.00. The molecule has 1 rings (SSSR count). The minimum Gasteiger partial charge on any atom is -0.490 e. The lowest BCUT2D eigenvalue weighted by Crippen LogP contribution is -2.38. The third-order valence-corrected chi connectivity index (χ3v) is 3.70. The topological polar surface area (TPSA) is 32.7 Å². The zero-order valence-corrected chi connectivity index (χ0v) is 13.1. The summed E-state index contributed by atoms with van der Waals surface area (Å²) < 4.78 is 5.56. The average Bonchev–Trinajstić information content (AvgIpc) is 2.43. The van der Waals surface area contributed by atoms with Gasteiger partial charge in [-0.2, -0.15) is 0 Å². The molecular weight excluding hydrogens is 250 g/mol. The van der Waals surface area contributed by atoms with Gasteiger partial charge in [0.05, 0.1) is 5.60 Å². The lowest BCUT2D eigenvalue weighted by Gasteiger charge is -2.35. The van der Waals surface area contributed by atoms with Crippen LogP contribution in [0.4, 0.5) is 0 Å². The number of nitrogens with zero attached hydrogens (tertiary/aromatic N) is 1. The van der Waals surface area contributed by atoms with E-state index in [0.29, 0.717) is 13.0 Å². The Kier molecular flexibility index (Phi) is 6.24. The van der Waals surface area contributed by atoms with Crippen LogP contribution in [0.1, 0.15) is 25.8 Å². The van der Waals surface area contributed by atoms with Crippen LogP contribution >= 0.6 is 0 Å². The van der Waals surface area contributed by atoms with Crippen LogP contribution < -0.4 is 4.74 Å². The number of aliphatic hydroxyl groups is 1. The molecule has 0 aliphatic carbocycles. The molecule has 0 radical (unpaired) electrons. The van der Waals surface area contributed by atoms with Crippen molar-refractivity contribution < 1.29 is 9.84 Å². The van der Waals surface area contributed by atoms with E-state index < -0.39 is 5.60 Å². The molecule has 1 N–H and O–H groups in total. The minimum atomic E-state index is -0.835. The Morgan fingerprint density at radius 1 is 1.45 bits per heavy atom. The van der Waals surface area contributed by atoms with Gasteiger partial charge in [0.15, 0.2) is 0 Å². The fourth-order valence-electron chi connectivity index (χ4n) is 2.55. The second-order valence-corrected chi connectivity index (χ2v) is 5.57. The number of hydrogen-bond donors (Lipinski definition) is 1. The smallest absolute Gasteiger partial charge is 0.120 e. The first-order valence-corrected chi connectivity index (χ1v) is 7.15. The second kappa shape index (κ2) is 7.46. The molecule has 0 bridgehead atoms. The van der Waals surface area contributed by atoms with Gasteiger partial charge in [0, 0.05) is 12.5 Å². The van der Waals surface area contributed by atoms with E-state index in [2.05, 4.69) is 18.4 Å². The van der Waals surface area contributed by atoms with Crippen LogP contribution in [0.5, 0.6) is 5.75 Å².